The van der Waals surface area contributed by atoms with Crippen molar-refractivity contribution in [2.75, 3.05) is 14.9 Å². The minimum Gasteiger partial charge on any atom is -0.369 e. The van der Waals surface area contributed by atoms with E-state index >= 15 is 0 Å². The molecule has 4 aromatic carbocycles. The fourth-order valence-corrected chi connectivity index (χ4v) is 7.50. The predicted molar refractivity (Wildman–Crippen MR) is 171 cm³/mol. The standard InChI is InChI=1S/C33H31ClN4O5S/c1-20-19-29(21(2)18-26(20)34)44(42,43)38-28-11-7-6-10-27(28)37-33(41)30(38)25(31(35)39)17-14-22-12-15-24(16-13-22)36-32(40)23-8-4-3-5-9-23/h3-13,15-16,18-19,25,30H,14,17H2,1-2H3,(H2,35,39)(H,36,40)(H,37,41)/t25?,30-/m1/s1. The first kappa shape index (κ1) is 30.8. The molecule has 226 valence electrons. The minimum atomic E-state index is -4.36. The third-order valence-corrected chi connectivity index (χ3v) is 10.00. The Kier molecular flexibility index (Phi) is 8.75. The number of sulfonamides is 1. The van der Waals surface area contributed by atoms with Gasteiger partial charge < -0.3 is 16.4 Å². The molecule has 4 aromatic rings. The second kappa shape index (κ2) is 12.5. The zero-order valence-electron chi connectivity index (χ0n) is 24.1. The number of rotatable bonds is 9. The number of carbonyl (C=O) groups is 3. The fourth-order valence-electron chi connectivity index (χ4n) is 5.32. The second-order valence-electron chi connectivity index (χ2n) is 10.7. The van der Waals surface area contributed by atoms with E-state index in [2.05, 4.69) is 10.6 Å². The van der Waals surface area contributed by atoms with Crippen molar-refractivity contribution in [3.05, 3.63) is 118 Å². The molecular weight excluding hydrogens is 600 g/mol. The van der Waals surface area contributed by atoms with Gasteiger partial charge in [-0.25, -0.2) is 8.42 Å². The van der Waals surface area contributed by atoms with Crippen LogP contribution in [0.1, 0.15) is 33.5 Å². The molecule has 1 unspecified atom stereocenters. The average Bonchev–Trinajstić information content (AvgIpc) is 3.00. The quantitative estimate of drug-likeness (QED) is 0.225. The Morgan fingerprint density at radius 3 is 2.30 bits per heavy atom. The Morgan fingerprint density at radius 2 is 1.61 bits per heavy atom. The van der Waals surface area contributed by atoms with Gasteiger partial charge in [-0.2, -0.15) is 0 Å². The summed E-state index contributed by atoms with van der Waals surface area (Å²) in [6, 6.07) is 24.0. The summed E-state index contributed by atoms with van der Waals surface area (Å²) in [5, 5.41) is 6.01. The van der Waals surface area contributed by atoms with E-state index in [-0.39, 0.29) is 22.9 Å². The Labute approximate surface area is 261 Å². The highest BCUT2D eigenvalue weighted by molar-refractivity contribution is 7.93. The lowest BCUT2D eigenvalue weighted by atomic mass is 9.89. The molecule has 2 atom stereocenters. The number of halogens is 1. The van der Waals surface area contributed by atoms with Crippen LogP contribution in [0.2, 0.25) is 5.02 Å². The molecule has 4 N–H and O–H groups in total. The smallest absolute Gasteiger partial charge is 0.265 e. The van der Waals surface area contributed by atoms with E-state index in [0.717, 1.165) is 9.87 Å². The summed E-state index contributed by atoms with van der Waals surface area (Å²) in [5.74, 6) is -2.87. The van der Waals surface area contributed by atoms with Crippen LogP contribution < -0.4 is 20.7 Å². The highest BCUT2D eigenvalue weighted by Crippen LogP contribution is 2.40. The molecule has 11 heteroatoms. The number of anilines is 3. The number of benzene rings is 4. The van der Waals surface area contributed by atoms with E-state index in [9.17, 15) is 22.8 Å². The van der Waals surface area contributed by atoms with Crippen LogP contribution in [0.4, 0.5) is 17.1 Å². The molecule has 1 heterocycles. The maximum atomic E-state index is 14.3. The maximum Gasteiger partial charge on any atom is 0.265 e. The van der Waals surface area contributed by atoms with Crippen LogP contribution in [0, 0.1) is 19.8 Å². The molecule has 1 aliphatic heterocycles. The van der Waals surface area contributed by atoms with Crippen molar-refractivity contribution in [2.24, 2.45) is 11.7 Å². The monoisotopic (exact) mass is 630 g/mol. The second-order valence-corrected chi connectivity index (χ2v) is 12.9. The first-order valence-corrected chi connectivity index (χ1v) is 15.7. The first-order chi connectivity index (χ1) is 21.0. The van der Waals surface area contributed by atoms with Gasteiger partial charge in [-0.15, -0.1) is 0 Å². The summed E-state index contributed by atoms with van der Waals surface area (Å²) in [7, 11) is -4.36. The third kappa shape index (κ3) is 6.17. The summed E-state index contributed by atoms with van der Waals surface area (Å²) < 4.78 is 29.7. The van der Waals surface area contributed by atoms with Crippen molar-refractivity contribution in [3.8, 4) is 0 Å². The van der Waals surface area contributed by atoms with Gasteiger partial charge in [0.15, 0.2) is 0 Å². The summed E-state index contributed by atoms with van der Waals surface area (Å²) in [4.78, 5) is 39.0. The molecule has 3 amide bonds. The average molecular weight is 631 g/mol. The van der Waals surface area contributed by atoms with Crippen molar-refractivity contribution in [2.45, 2.75) is 37.6 Å². The molecule has 44 heavy (non-hydrogen) atoms. The van der Waals surface area contributed by atoms with Crippen LogP contribution in [-0.4, -0.2) is 32.2 Å². The minimum absolute atomic E-state index is 0.0229. The van der Waals surface area contributed by atoms with Crippen LogP contribution in [0.5, 0.6) is 0 Å². The summed E-state index contributed by atoms with van der Waals surface area (Å²) in [5.41, 5.74) is 9.27. The topological polar surface area (TPSA) is 139 Å². The molecule has 0 bridgehead atoms. The van der Waals surface area contributed by atoms with Crippen molar-refractivity contribution in [1.29, 1.82) is 0 Å². The van der Waals surface area contributed by atoms with E-state index in [1.54, 1.807) is 92.7 Å². The molecule has 0 radical (unpaired) electrons. The van der Waals surface area contributed by atoms with Gasteiger partial charge in [0, 0.05) is 16.3 Å². The van der Waals surface area contributed by atoms with E-state index in [1.807, 2.05) is 6.07 Å². The van der Waals surface area contributed by atoms with Gasteiger partial charge in [-0.3, -0.25) is 18.7 Å². The molecule has 5 rings (SSSR count). The summed E-state index contributed by atoms with van der Waals surface area (Å²) in [6.07, 6.45) is 0.412. The van der Waals surface area contributed by atoms with Gasteiger partial charge in [-0.1, -0.05) is 54.1 Å². The Morgan fingerprint density at radius 1 is 0.955 bits per heavy atom. The lowest BCUT2D eigenvalue weighted by Crippen LogP contribution is -2.57. The van der Waals surface area contributed by atoms with E-state index in [4.69, 9.17) is 17.3 Å². The van der Waals surface area contributed by atoms with Gasteiger partial charge in [0.25, 0.3) is 15.9 Å². The number of primary amides is 1. The SMILES string of the molecule is Cc1cc(S(=O)(=O)N2c3ccccc3NC(=O)[C@H]2C(CCc2ccc(NC(=O)c3ccccc3)cc2)C(N)=O)c(C)cc1Cl. The number of hydrogen-bond acceptors (Lipinski definition) is 5. The molecule has 0 saturated heterocycles. The number of fused-ring (bicyclic) bond motifs is 1. The van der Waals surface area contributed by atoms with Crippen LogP contribution in [0.3, 0.4) is 0 Å². The molecule has 0 aromatic heterocycles. The zero-order chi connectivity index (χ0) is 31.6. The largest absolute Gasteiger partial charge is 0.369 e. The van der Waals surface area contributed by atoms with E-state index in [1.165, 1.54) is 6.07 Å². The molecule has 0 aliphatic carbocycles. The maximum absolute atomic E-state index is 14.3. The summed E-state index contributed by atoms with van der Waals surface area (Å²) >= 11 is 6.25. The number of hydrogen-bond donors (Lipinski definition) is 3. The normalized spacial score (nSPS) is 15.2. The first-order valence-electron chi connectivity index (χ1n) is 13.9. The van der Waals surface area contributed by atoms with Crippen molar-refractivity contribution in [3.63, 3.8) is 0 Å². The number of nitrogens with one attached hydrogen (secondary N) is 2. The lowest BCUT2D eigenvalue weighted by Gasteiger charge is -2.40. The number of carbonyl (C=O) groups excluding carboxylic acids is 3. The molecule has 0 spiro atoms. The van der Waals surface area contributed by atoms with Crippen LogP contribution in [-0.2, 0) is 26.0 Å². The highest BCUT2D eigenvalue weighted by Gasteiger charge is 2.47. The number of nitrogens with two attached hydrogens (primary N) is 1. The molecule has 0 fully saturated rings. The van der Waals surface area contributed by atoms with Gasteiger partial charge in [0.1, 0.15) is 6.04 Å². The summed E-state index contributed by atoms with van der Waals surface area (Å²) in [6.45, 7) is 3.32. The van der Waals surface area contributed by atoms with Gasteiger partial charge in [-0.05, 0) is 91.9 Å². The van der Waals surface area contributed by atoms with Crippen molar-refractivity contribution >= 4 is 56.4 Å². The molecular formula is C33H31ClN4O5S. The fraction of sp³-hybridized carbons (Fsp3) is 0.182. The zero-order valence-corrected chi connectivity index (χ0v) is 25.7. The highest BCUT2D eigenvalue weighted by atomic mass is 35.5. The van der Waals surface area contributed by atoms with Crippen LogP contribution >= 0.6 is 11.6 Å². The van der Waals surface area contributed by atoms with E-state index < -0.39 is 33.8 Å². The van der Waals surface area contributed by atoms with Crippen LogP contribution in [0.25, 0.3) is 0 Å². The number of amides is 3. The molecule has 1 aliphatic rings. The number of para-hydroxylation sites is 2. The number of aryl methyl sites for hydroxylation is 3. The van der Waals surface area contributed by atoms with Crippen LogP contribution in [0.15, 0.2) is 95.9 Å². The Hall–Kier alpha value is -4.67. The predicted octanol–water partition coefficient (Wildman–Crippen LogP) is 5.46. The number of nitrogens with zero attached hydrogens (tertiary/aromatic N) is 1. The lowest BCUT2D eigenvalue weighted by molar-refractivity contribution is -0.127. The Bertz CT molecular complexity index is 1850. The third-order valence-electron chi connectivity index (χ3n) is 7.65. The van der Waals surface area contributed by atoms with E-state index in [0.29, 0.717) is 39.5 Å². The van der Waals surface area contributed by atoms with Gasteiger partial charge >= 0.3 is 0 Å². The molecule has 0 saturated carbocycles. The van der Waals surface area contributed by atoms with Crippen molar-refractivity contribution < 1.29 is 22.8 Å². The Balaban J connectivity index is 1.44. The van der Waals surface area contributed by atoms with Crippen molar-refractivity contribution in [1.82, 2.24) is 0 Å². The molecule has 9 nitrogen and oxygen atoms in total. The van der Waals surface area contributed by atoms with Gasteiger partial charge in [0.05, 0.1) is 22.2 Å². The van der Waals surface area contributed by atoms with Gasteiger partial charge in [0.2, 0.25) is 11.8 Å².